The summed E-state index contributed by atoms with van der Waals surface area (Å²) >= 11 is 1.54. The van der Waals surface area contributed by atoms with E-state index in [9.17, 15) is 9.59 Å². The van der Waals surface area contributed by atoms with E-state index in [1.54, 1.807) is 35.0 Å². The fourth-order valence-electron chi connectivity index (χ4n) is 4.37. The zero-order valence-corrected chi connectivity index (χ0v) is 18.7. The van der Waals surface area contributed by atoms with Gasteiger partial charge in [0.2, 0.25) is 5.13 Å². The second-order valence-corrected chi connectivity index (χ2v) is 9.32. The summed E-state index contributed by atoms with van der Waals surface area (Å²) in [5, 5.41) is 8.71. The molecule has 33 heavy (non-hydrogen) atoms. The molecule has 0 bridgehead atoms. The van der Waals surface area contributed by atoms with Gasteiger partial charge in [0.1, 0.15) is 17.0 Å². The van der Waals surface area contributed by atoms with Gasteiger partial charge >= 0.3 is 5.63 Å². The Balaban J connectivity index is 1.37. The lowest BCUT2D eigenvalue weighted by Gasteiger charge is -2.14. The summed E-state index contributed by atoms with van der Waals surface area (Å²) in [6.07, 6.45) is 4.64. The number of benzene rings is 2. The molecule has 1 amide bonds. The molecule has 0 unspecified atom stereocenters. The zero-order valence-electron chi connectivity index (χ0n) is 17.9. The highest BCUT2D eigenvalue weighted by Crippen LogP contribution is 2.32. The van der Waals surface area contributed by atoms with Crippen molar-refractivity contribution in [2.75, 3.05) is 5.32 Å². The molecule has 5 aromatic rings. The Morgan fingerprint density at radius 3 is 2.73 bits per heavy atom. The van der Waals surface area contributed by atoms with Crippen LogP contribution in [0.1, 0.15) is 40.0 Å². The fourth-order valence-corrected chi connectivity index (χ4v) is 5.35. The van der Waals surface area contributed by atoms with Crippen LogP contribution in [0.2, 0.25) is 0 Å². The van der Waals surface area contributed by atoms with E-state index in [0.717, 1.165) is 28.8 Å². The smallest absolute Gasteiger partial charge is 0.349 e. The van der Waals surface area contributed by atoms with Crippen LogP contribution in [0.15, 0.2) is 57.7 Å². The normalized spacial score (nSPS) is 13.4. The van der Waals surface area contributed by atoms with Gasteiger partial charge in [-0.3, -0.25) is 4.79 Å². The SMILES string of the molecule is Cc1cc(NC(=O)c2cc3ccccc3oc2=O)n(-c2nc3cc4c(cc3s2)CCCC4)n1. The van der Waals surface area contributed by atoms with Gasteiger partial charge < -0.3 is 9.73 Å². The van der Waals surface area contributed by atoms with Gasteiger partial charge in [-0.15, -0.1) is 0 Å². The lowest BCUT2D eigenvalue weighted by atomic mass is 9.92. The van der Waals surface area contributed by atoms with Gasteiger partial charge in [-0.1, -0.05) is 29.5 Å². The number of carbonyl (C=O) groups is 1. The molecule has 3 aromatic heterocycles. The van der Waals surface area contributed by atoms with Crippen LogP contribution >= 0.6 is 11.3 Å². The fraction of sp³-hybridized carbons (Fsp3) is 0.200. The summed E-state index contributed by atoms with van der Waals surface area (Å²) in [4.78, 5) is 30.2. The van der Waals surface area contributed by atoms with E-state index in [1.807, 2.05) is 13.0 Å². The minimum atomic E-state index is -0.681. The molecule has 0 saturated carbocycles. The average Bonchev–Trinajstić information content (AvgIpc) is 3.39. The summed E-state index contributed by atoms with van der Waals surface area (Å²) in [6.45, 7) is 1.85. The monoisotopic (exact) mass is 456 g/mol. The Morgan fingerprint density at radius 2 is 1.88 bits per heavy atom. The van der Waals surface area contributed by atoms with E-state index >= 15 is 0 Å². The highest BCUT2D eigenvalue weighted by Gasteiger charge is 2.19. The molecule has 164 valence electrons. The topological polar surface area (TPSA) is 90.0 Å². The molecule has 1 aliphatic rings. The summed E-state index contributed by atoms with van der Waals surface area (Å²) in [6, 6.07) is 14.8. The Labute approximate surface area is 192 Å². The van der Waals surface area contributed by atoms with Gasteiger partial charge in [-0.2, -0.15) is 9.78 Å². The molecule has 3 heterocycles. The number of amides is 1. The van der Waals surface area contributed by atoms with Crippen molar-refractivity contribution in [2.24, 2.45) is 0 Å². The van der Waals surface area contributed by atoms with Crippen molar-refractivity contribution >= 4 is 44.2 Å². The third-order valence-corrected chi connectivity index (χ3v) is 6.97. The molecule has 0 radical (unpaired) electrons. The molecule has 0 saturated heterocycles. The third kappa shape index (κ3) is 3.52. The van der Waals surface area contributed by atoms with Crippen molar-refractivity contribution in [2.45, 2.75) is 32.6 Å². The Morgan fingerprint density at radius 1 is 1.09 bits per heavy atom. The number of fused-ring (bicyclic) bond motifs is 3. The number of anilines is 1. The van der Waals surface area contributed by atoms with Crippen molar-refractivity contribution < 1.29 is 9.21 Å². The first-order valence-electron chi connectivity index (χ1n) is 10.9. The van der Waals surface area contributed by atoms with Crippen LogP contribution < -0.4 is 10.9 Å². The van der Waals surface area contributed by atoms with E-state index in [4.69, 9.17) is 9.40 Å². The van der Waals surface area contributed by atoms with E-state index in [-0.39, 0.29) is 5.56 Å². The van der Waals surface area contributed by atoms with E-state index in [2.05, 4.69) is 22.5 Å². The summed E-state index contributed by atoms with van der Waals surface area (Å²) in [7, 11) is 0. The van der Waals surface area contributed by atoms with Gasteiger partial charge in [0.25, 0.3) is 5.91 Å². The number of aryl methyl sites for hydroxylation is 3. The van der Waals surface area contributed by atoms with Crippen molar-refractivity contribution in [3.05, 3.63) is 81.3 Å². The first kappa shape index (κ1) is 19.9. The third-order valence-electron chi connectivity index (χ3n) is 5.98. The lowest BCUT2D eigenvalue weighted by molar-refractivity contribution is 0.102. The van der Waals surface area contributed by atoms with Gasteiger partial charge in [0.15, 0.2) is 0 Å². The maximum atomic E-state index is 13.0. The average molecular weight is 457 g/mol. The largest absolute Gasteiger partial charge is 0.422 e. The van der Waals surface area contributed by atoms with Crippen molar-refractivity contribution in [1.82, 2.24) is 14.8 Å². The number of nitrogens with zero attached hydrogens (tertiary/aromatic N) is 3. The molecule has 7 nitrogen and oxygen atoms in total. The molecule has 0 fully saturated rings. The summed E-state index contributed by atoms with van der Waals surface area (Å²) in [5.74, 6) is -0.0962. The number of carbonyl (C=O) groups excluding carboxylic acids is 1. The highest BCUT2D eigenvalue weighted by molar-refractivity contribution is 7.20. The Hall–Kier alpha value is -3.78. The van der Waals surface area contributed by atoms with Crippen molar-refractivity contribution in [3.8, 4) is 5.13 Å². The van der Waals surface area contributed by atoms with Crippen molar-refractivity contribution in [3.63, 3.8) is 0 Å². The van der Waals surface area contributed by atoms with E-state index in [0.29, 0.717) is 21.9 Å². The first-order valence-corrected chi connectivity index (χ1v) is 11.7. The van der Waals surface area contributed by atoms with Crippen LogP contribution in [-0.4, -0.2) is 20.7 Å². The molecular formula is C25H20N4O3S. The van der Waals surface area contributed by atoms with Crippen LogP contribution in [0.25, 0.3) is 26.3 Å². The number of thiazole rings is 1. The predicted octanol–water partition coefficient (Wildman–Crippen LogP) is 5.03. The van der Waals surface area contributed by atoms with Gasteiger partial charge in [-0.05, 0) is 68.0 Å². The Bertz CT molecular complexity index is 1570. The number of rotatable bonds is 3. The van der Waals surface area contributed by atoms with Gasteiger partial charge in [0.05, 0.1) is 15.9 Å². The minimum Gasteiger partial charge on any atom is -0.422 e. The zero-order chi connectivity index (χ0) is 22.5. The lowest BCUT2D eigenvalue weighted by Crippen LogP contribution is -2.22. The molecular weight excluding hydrogens is 436 g/mol. The number of aromatic nitrogens is 3. The second-order valence-electron chi connectivity index (χ2n) is 8.31. The molecule has 1 aliphatic carbocycles. The predicted molar refractivity (Wildman–Crippen MR) is 129 cm³/mol. The molecule has 0 atom stereocenters. The minimum absolute atomic E-state index is 0.0592. The summed E-state index contributed by atoms with van der Waals surface area (Å²) in [5.41, 5.74) is 4.15. The first-order chi connectivity index (χ1) is 16.0. The molecule has 0 aliphatic heterocycles. The van der Waals surface area contributed by atoms with E-state index < -0.39 is 11.5 Å². The van der Waals surface area contributed by atoms with Crippen LogP contribution in [0, 0.1) is 6.92 Å². The van der Waals surface area contributed by atoms with Crippen molar-refractivity contribution in [1.29, 1.82) is 0 Å². The molecule has 0 spiro atoms. The number of hydrogen-bond donors (Lipinski definition) is 1. The van der Waals surface area contributed by atoms with Crippen LogP contribution in [0.5, 0.6) is 0 Å². The van der Waals surface area contributed by atoms with Crippen LogP contribution in [0.4, 0.5) is 5.82 Å². The number of para-hydroxylation sites is 1. The highest BCUT2D eigenvalue weighted by atomic mass is 32.1. The van der Waals surface area contributed by atoms with E-state index in [1.165, 1.54) is 35.3 Å². The molecule has 2 aromatic carbocycles. The maximum absolute atomic E-state index is 13.0. The Kier molecular flexibility index (Phi) is 4.62. The van der Waals surface area contributed by atoms with Gasteiger partial charge in [0, 0.05) is 11.5 Å². The van der Waals surface area contributed by atoms with Crippen LogP contribution in [-0.2, 0) is 12.8 Å². The molecule has 1 N–H and O–H groups in total. The summed E-state index contributed by atoms with van der Waals surface area (Å²) < 4.78 is 8.04. The van der Waals surface area contributed by atoms with Crippen LogP contribution in [0.3, 0.4) is 0 Å². The number of hydrogen-bond acceptors (Lipinski definition) is 6. The molecule has 6 rings (SSSR count). The standard InChI is InChI=1S/C25H20N4O3S/c1-14-10-22(27-23(30)18-11-17-8-4-5-9-20(17)32-24(18)31)29(28-14)25-26-19-12-15-6-2-3-7-16(15)13-21(19)33-25/h4-5,8-13H,2-3,6-7H2,1H3,(H,27,30). The maximum Gasteiger partial charge on any atom is 0.349 e. The quantitative estimate of drug-likeness (QED) is 0.385. The number of nitrogens with one attached hydrogen (secondary N) is 1. The molecule has 8 heteroatoms. The second kappa shape index (κ2) is 7.67. The van der Waals surface area contributed by atoms with Gasteiger partial charge in [-0.25, -0.2) is 9.78 Å².